The Labute approximate surface area is 215 Å². The summed E-state index contributed by atoms with van der Waals surface area (Å²) in [6, 6.07) is 4.55. The van der Waals surface area contributed by atoms with Gasteiger partial charge in [-0.2, -0.15) is 0 Å². The molecule has 0 aromatic heterocycles. The van der Waals surface area contributed by atoms with Gasteiger partial charge in [0.1, 0.15) is 27.4 Å². The normalized spacial score (nSPS) is 26.4. The Morgan fingerprint density at radius 3 is 2.32 bits per heavy atom. The van der Waals surface area contributed by atoms with E-state index in [0.29, 0.717) is 6.07 Å². The van der Waals surface area contributed by atoms with E-state index in [2.05, 4.69) is 4.72 Å². The van der Waals surface area contributed by atoms with E-state index >= 15 is 4.39 Å². The molecule has 5 rings (SSSR count). The molecule has 3 atom stereocenters. The van der Waals surface area contributed by atoms with Crippen LogP contribution >= 0.6 is 0 Å². The molecule has 3 fully saturated rings. The average molecular weight is 562 g/mol. The molecule has 1 amide bonds. The van der Waals surface area contributed by atoms with Gasteiger partial charge in [-0.25, -0.2) is 40.1 Å². The number of nitrogens with one attached hydrogen (secondary N) is 2. The van der Waals surface area contributed by atoms with Gasteiger partial charge in [0.05, 0.1) is 6.04 Å². The molecule has 2 aliphatic carbocycles. The van der Waals surface area contributed by atoms with Crippen LogP contribution in [0.15, 0.2) is 36.4 Å². The van der Waals surface area contributed by atoms with Crippen molar-refractivity contribution in [2.24, 2.45) is 0 Å². The molecule has 0 bridgehead atoms. The summed E-state index contributed by atoms with van der Waals surface area (Å²) in [7, 11) is -3.98. The first-order chi connectivity index (χ1) is 17.6. The zero-order chi connectivity index (χ0) is 27.7. The van der Waals surface area contributed by atoms with Crippen molar-refractivity contribution in [3.8, 4) is 11.1 Å². The summed E-state index contributed by atoms with van der Waals surface area (Å²) in [5, 5.41) is 8.29. The number of nitrogens with zero attached hydrogens (tertiary/aromatic N) is 1. The van der Waals surface area contributed by atoms with Crippen molar-refractivity contribution >= 4 is 15.8 Å². The van der Waals surface area contributed by atoms with Crippen molar-refractivity contribution in [1.29, 1.82) is 4.78 Å². The summed E-state index contributed by atoms with van der Waals surface area (Å²) in [6.07, 6.45) is -2.58. The highest BCUT2D eigenvalue weighted by Crippen LogP contribution is 2.48. The Kier molecular flexibility index (Phi) is 6.35. The number of amides is 1. The van der Waals surface area contributed by atoms with E-state index in [4.69, 9.17) is 4.78 Å². The third-order valence-corrected chi connectivity index (χ3v) is 9.54. The standard InChI is InChI=1S/C25H25F6N3O3S/c26-16-8-15(9-17(27)11-16)18-3-1-2-14(21(18)28)10-20-19(33-38(32,37)25(31)5-6-25)4-7-34(20)22(35)23(36)12-24(29,30)13-23/h1-3,8-9,11,19-20,36H,4-7,10,12-13H2,(H2,32,33,37)/t19-,20-,38?/m0/s1. The van der Waals surface area contributed by atoms with Crippen LogP contribution < -0.4 is 4.72 Å². The molecule has 2 aromatic rings. The molecule has 206 valence electrons. The summed E-state index contributed by atoms with van der Waals surface area (Å²) in [6.45, 7) is -0.0970. The number of halogens is 6. The lowest BCUT2D eigenvalue weighted by atomic mass is 9.75. The summed E-state index contributed by atoms with van der Waals surface area (Å²) in [5.41, 5.74) is -2.57. The van der Waals surface area contributed by atoms with Crippen LogP contribution in [0.2, 0.25) is 0 Å². The topological polar surface area (TPSA) is 93.5 Å². The smallest absolute Gasteiger partial charge is 0.255 e. The Balaban J connectivity index is 1.47. The minimum atomic E-state index is -3.98. The Hall–Kier alpha value is -2.64. The van der Waals surface area contributed by atoms with Crippen molar-refractivity contribution in [2.75, 3.05) is 6.54 Å². The van der Waals surface area contributed by atoms with Gasteiger partial charge in [-0.1, -0.05) is 18.2 Å². The maximum absolute atomic E-state index is 15.6. The molecule has 3 N–H and O–H groups in total. The van der Waals surface area contributed by atoms with Crippen LogP contribution in [0.3, 0.4) is 0 Å². The van der Waals surface area contributed by atoms with Gasteiger partial charge in [-0.15, -0.1) is 0 Å². The predicted octanol–water partition coefficient (Wildman–Crippen LogP) is 4.45. The lowest BCUT2D eigenvalue weighted by molar-refractivity contribution is -0.215. The number of carbonyl (C=O) groups is 1. The molecule has 13 heteroatoms. The maximum Gasteiger partial charge on any atom is 0.255 e. The second-order valence-corrected chi connectivity index (χ2v) is 12.5. The Bertz CT molecular complexity index is 1370. The van der Waals surface area contributed by atoms with Gasteiger partial charge in [-0.3, -0.25) is 4.79 Å². The molecule has 3 aliphatic rings. The van der Waals surface area contributed by atoms with Gasteiger partial charge < -0.3 is 10.0 Å². The van der Waals surface area contributed by atoms with Gasteiger partial charge in [0.2, 0.25) is 5.00 Å². The third-order valence-electron chi connectivity index (χ3n) is 7.46. The van der Waals surface area contributed by atoms with E-state index < -0.39 is 74.7 Å². The molecule has 6 nitrogen and oxygen atoms in total. The summed E-state index contributed by atoms with van der Waals surface area (Å²) < 4.78 is 108. The fraction of sp³-hybridized carbons (Fsp3) is 0.480. The molecular weight excluding hydrogens is 536 g/mol. The summed E-state index contributed by atoms with van der Waals surface area (Å²) in [5.74, 6) is -6.94. The molecule has 1 unspecified atom stereocenters. The van der Waals surface area contributed by atoms with Crippen molar-refractivity contribution in [3.05, 3.63) is 59.4 Å². The van der Waals surface area contributed by atoms with Gasteiger partial charge in [0, 0.05) is 37.1 Å². The van der Waals surface area contributed by atoms with Crippen LogP contribution in [-0.2, 0) is 21.1 Å². The van der Waals surface area contributed by atoms with Gasteiger partial charge in [0.25, 0.3) is 11.8 Å². The molecule has 2 saturated carbocycles. The highest BCUT2D eigenvalue weighted by atomic mass is 32.2. The van der Waals surface area contributed by atoms with Crippen molar-refractivity contribution in [2.45, 2.75) is 67.1 Å². The van der Waals surface area contributed by atoms with E-state index in [-0.39, 0.29) is 48.9 Å². The first-order valence-electron chi connectivity index (χ1n) is 12.0. The molecule has 0 spiro atoms. The zero-order valence-corrected chi connectivity index (χ0v) is 20.8. The number of likely N-dealkylation sites (tertiary alicyclic amines) is 1. The van der Waals surface area contributed by atoms with E-state index in [9.17, 15) is 36.1 Å². The van der Waals surface area contributed by atoms with Crippen LogP contribution in [0.5, 0.6) is 0 Å². The van der Waals surface area contributed by atoms with Crippen molar-refractivity contribution < 1.29 is 40.5 Å². The number of benzene rings is 2. The minimum Gasteiger partial charge on any atom is -0.380 e. The summed E-state index contributed by atoms with van der Waals surface area (Å²) >= 11 is 0. The van der Waals surface area contributed by atoms with Crippen LogP contribution in [0.4, 0.5) is 26.3 Å². The lowest BCUT2D eigenvalue weighted by Gasteiger charge is -2.44. The first-order valence-corrected chi connectivity index (χ1v) is 13.6. The largest absolute Gasteiger partial charge is 0.380 e. The van der Waals surface area contributed by atoms with E-state index in [1.165, 1.54) is 18.2 Å². The minimum absolute atomic E-state index is 0.0209. The highest BCUT2D eigenvalue weighted by Gasteiger charge is 2.62. The number of rotatable bonds is 7. The number of alkyl halides is 3. The first kappa shape index (κ1) is 26.9. The molecule has 38 heavy (non-hydrogen) atoms. The number of hydrogen-bond donors (Lipinski definition) is 3. The molecule has 1 saturated heterocycles. The third kappa shape index (κ3) is 4.79. The fourth-order valence-electron chi connectivity index (χ4n) is 5.32. The molecule has 1 aliphatic heterocycles. The van der Waals surface area contributed by atoms with Gasteiger partial charge >= 0.3 is 0 Å². The van der Waals surface area contributed by atoms with E-state index in [1.807, 2.05) is 0 Å². The van der Waals surface area contributed by atoms with Crippen LogP contribution in [-0.4, -0.2) is 55.3 Å². The Morgan fingerprint density at radius 2 is 1.74 bits per heavy atom. The van der Waals surface area contributed by atoms with E-state index in [1.54, 1.807) is 0 Å². The second-order valence-electron chi connectivity index (χ2n) is 10.4. The number of aliphatic hydroxyl groups is 1. The average Bonchev–Trinajstić information content (AvgIpc) is 3.45. The van der Waals surface area contributed by atoms with Crippen molar-refractivity contribution in [3.63, 3.8) is 0 Å². The maximum atomic E-state index is 15.6. The van der Waals surface area contributed by atoms with Gasteiger partial charge in [0.15, 0.2) is 5.60 Å². The second kappa shape index (κ2) is 8.95. The van der Waals surface area contributed by atoms with Crippen LogP contribution in [0.25, 0.3) is 11.1 Å². The number of hydrogen-bond acceptors (Lipinski definition) is 4. The highest BCUT2D eigenvalue weighted by molar-refractivity contribution is 7.92. The monoisotopic (exact) mass is 561 g/mol. The van der Waals surface area contributed by atoms with Crippen LogP contribution in [0, 0.1) is 22.2 Å². The summed E-state index contributed by atoms with van der Waals surface area (Å²) in [4.78, 5) is 14.2. The van der Waals surface area contributed by atoms with Crippen LogP contribution in [0.1, 0.15) is 37.7 Å². The Morgan fingerprint density at radius 1 is 1.11 bits per heavy atom. The van der Waals surface area contributed by atoms with E-state index in [0.717, 1.165) is 17.0 Å². The van der Waals surface area contributed by atoms with Gasteiger partial charge in [-0.05, 0) is 48.9 Å². The fourth-order valence-corrected chi connectivity index (χ4v) is 6.91. The SMILES string of the molecule is N=S(=O)(N[C@H]1CCN(C(=O)C2(O)CC(F)(F)C2)[C@H]1Cc1cccc(-c2cc(F)cc(F)c2)c1F)C1(F)CC1. The molecular formula is C25H25F6N3O3S. The molecule has 1 heterocycles. The lowest BCUT2D eigenvalue weighted by Crippen LogP contribution is -2.63. The molecule has 2 aromatic carbocycles. The zero-order valence-electron chi connectivity index (χ0n) is 20.0. The van der Waals surface area contributed by atoms with Crippen molar-refractivity contribution in [1.82, 2.24) is 9.62 Å². The quantitative estimate of drug-likeness (QED) is 0.436. The molecule has 0 radical (unpaired) electrons. The predicted molar refractivity (Wildman–Crippen MR) is 126 cm³/mol. The number of carbonyl (C=O) groups excluding carboxylic acids is 1.